The molecule has 0 aliphatic carbocycles. The zero-order chi connectivity index (χ0) is 14.5. The van der Waals surface area contributed by atoms with Crippen molar-refractivity contribution in [3.63, 3.8) is 0 Å². The molecule has 2 nitrogen and oxygen atoms in total. The number of aryl methyl sites for hydroxylation is 3. The molecular weight excluding hydrogens is 248 g/mol. The molecule has 0 aliphatic heterocycles. The number of hydrogen-bond acceptors (Lipinski definition) is 2. The fourth-order valence-electron chi connectivity index (χ4n) is 2.24. The van der Waals surface area contributed by atoms with Gasteiger partial charge < -0.3 is 4.74 Å². The first-order chi connectivity index (χ1) is 9.60. The third kappa shape index (κ3) is 3.47. The van der Waals surface area contributed by atoms with Crippen LogP contribution in [0, 0.1) is 13.8 Å². The molecule has 0 amide bonds. The van der Waals surface area contributed by atoms with Crippen LogP contribution >= 0.6 is 0 Å². The molecule has 0 unspecified atom stereocenters. The molecule has 2 aromatic rings. The van der Waals surface area contributed by atoms with Gasteiger partial charge in [-0.25, -0.2) is 0 Å². The van der Waals surface area contributed by atoms with E-state index in [1.807, 2.05) is 24.3 Å². The number of benzene rings is 2. The monoisotopic (exact) mass is 268 g/mol. The first-order valence-electron chi connectivity index (χ1n) is 6.83. The first-order valence-corrected chi connectivity index (χ1v) is 6.83. The molecule has 104 valence electrons. The lowest BCUT2D eigenvalue weighted by Crippen LogP contribution is -2.02. The first kappa shape index (κ1) is 14.3. The van der Waals surface area contributed by atoms with Gasteiger partial charge in [-0.1, -0.05) is 23.8 Å². The Morgan fingerprint density at radius 3 is 2.40 bits per heavy atom. The van der Waals surface area contributed by atoms with Gasteiger partial charge >= 0.3 is 0 Å². The Bertz CT molecular complexity index is 597. The highest BCUT2D eigenvalue weighted by Gasteiger charge is 2.07. The van der Waals surface area contributed by atoms with Crippen LogP contribution < -0.4 is 4.74 Å². The zero-order valence-corrected chi connectivity index (χ0v) is 12.3. The summed E-state index contributed by atoms with van der Waals surface area (Å²) in [7, 11) is 1.62. The fourth-order valence-corrected chi connectivity index (χ4v) is 2.24. The molecule has 0 saturated carbocycles. The number of ketones is 1. The smallest absolute Gasteiger partial charge is 0.163 e. The van der Waals surface area contributed by atoms with E-state index < -0.39 is 0 Å². The summed E-state index contributed by atoms with van der Waals surface area (Å²) in [6.07, 6.45) is 1.33. The van der Waals surface area contributed by atoms with Crippen molar-refractivity contribution in [1.82, 2.24) is 0 Å². The topological polar surface area (TPSA) is 26.3 Å². The van der Waals surface area contributed by atoms with Crippen molar-refractivity contribution in [2.75, 3.05) is 7.11 Å². The van der Waals surface area contributed by atoms with Crippen LogP contribution in [0.4, 0.5) is 0 Å². The molecule has 2 aromatic carbocycles. The van der Waals surface area contributed by atoms with Gasteiger partial charge in [-0.3, -0.25) is 4.79 Å². The highest BCUT2D eigenvalue weighted by molar-refractivity contribution is 5.96. The largest absolute Gasteiger partial charge is 0.497 e. The van der Waals surface area contributed by atoms with Crippen LogP contribution in [0.2, 0.25) is 0 Å². The maximum atomic E-state index is 12.2. The van der Waals surface area contributed by atoms with Crippen LogP contribution in [-0.2, 0) is 6.42 Å². The van der Waals surface area contributed by atoms with Crippen molar-refractivity contribution >= 4 is 5.78 Å². The zero-order valence-electron chi connectivity index (χ0n) is 12.3. The van der Waals surface area contributed by atoms with Crippen molar-refractivity contribution in [3.05, 3.63) is 64.7 Å². The molecule has 0 radical (unpaired) electrons. The van der Waals surface area contributed by atoms with E-state index in [-0.39, 0.29) is 5.78 Å². The molecular formula is C18H20O2. The summed E-state index contributed by atoms with van der Waals surface area (Å²) in [5.74, 6) is 0.949. The predicted octanol–water partition coefficient (Wildman–Crippen LogP) is 4.13. The van der Waals surface area contributed by atoms with E-state index in [2.05, 4.69) is 32.0 Å². The minimum Gasteiger partial charge on any atom is -0.497 e. The molecule has 0 aromatic heterocycles. The average Bonchev–Trinajstić information content (AvgIpc) is 2.48. The normalized spacial score (nSPS) is 10.3. The number of Topliss-reactive ketones (excluding diaryl/α,β-unsaturated/α-hetero) is 1. The van der Waals surface area contributed by atoms with E-state index in [1.54, 1.807) is 7.11 Å². The predicted molar refractivity (Wildman–Crippen MR) is 81.6 cm³/mol. The average molecular weight is 268 g/mol. The minimum atomic E-state index is 0.175. The summed E-state index contributed by atoms with van der Waals surface area (Å²) in [4.78, 5) is 12.2. The molecule has 0 saturated heterocycles. The van der Waals surface area contributed by atoms with Gasteiger partial charge in [-0.05, 0) is 55.7 Å². The Hall–Kier alpha value is -2.09. The van der Waals surface area contributed by atoms with E-state index in [1.165, 1.54) is 16.7 Å². The Labute approximate surface area is 120 Å². The second-order valence-electron chi connectivity index (χ2n) is 5.08. The minimum absolute atomic E-state index is 0.175. The molecule has 0 atom stereocenters. The third-order valence-electron chi connectivity index (χ3n) is 3.54. The maximum Gasteiger partial charge on any atom is 0.163 e. The number of hydrogen-bond donors (Lipinski definition) is 0. The molecule has 2 heteroatoms. The summed E-state index contributed by atoms with van der Waals surface area (Å²) >= 11 is 0. The van der Waals surface area contributed by atoms with Crippen LogP contribution in [0.25, 0.3) is 0 Å². The van der Waals surface area contributed by atoms with E-state index in [0.29, 0.717) is 6.42 Å². The second kappa shape index (κ2) is 6.38. The van der Waals surface area contributed by atoms with Crippen molar-refractivity contribution < 1.29 is 9.53 Å². The highest BCUT2D eigenvalue weighted by Crippen LogP contribution is 2.16. The second-order valence-corrected chi connectivity index (χ2v) is 5.08. The summed E-state index contributed by atoms with van der Waals surface area (Å²) in [5.41, 5.74) is 4.49. The van der Waals surface area contributed by atoms with Crippen LogP contribution in [0.5, 0.6) is 5.75 Å². The lowest BCUT2D eigenvalue weighted by molar-refractivity contribution is 0.0983. The molecule has 2 rings (SSSR count). The molecule has 0 fully saturated rings. The number of methoxy groups -OCH3 is 1. The van der Waals surface area contributed by atoms with Gasteiger partial charge in [-0.15, -0.1) is 0 Å². The van der Waals surface area contributed by atoms with Crippen LogP contribution in [0.1, 0.15) is 33.5 Å². The fraction of sp³-hybridized carbons (Fsp3) is 0.278. The van der Waals surface area contributed by atoms with Crippen molar-refractivity contribution in [3.8, 4) is 5.75 Å². The van der Waals surface area contributed by atoms with Crippen LogP contribution in [0.3, 0.4) is 0 Å². The molecule has 0 heterocycles. The summed E-state index contributed by atoms with van der Waals surface area (Å²) in [5, 5.41) is 0. The quantitative estimate of drug-likeness (QED) is 0.762. The van der Waals surface area contributed by atoms with E-state index in [9.17, 15) is 4.79 Å². The van der Waals surface area contributed by atoms with Gasteiger partial charge in [0.25, 0.3) is 0 Å². The lowest BCUT2D eigenvalue weighted by Gasteiger charge is -2.07. The van der Waals surface area contributed by atoms with Gasteiger partial charge in [0.05, 0.1) is 7.11 Å². The number of rotatable bonds is 5. The van der Waals surface area contributed by atoms with E-state index >= 15 is 0 Å². The Kier molecular flexibility index (Phi) is 4.57. The Morgan fingerprint density at radius 1 is 1.05 bits per heavy atom. The number of ether oxygens (including phenoxy) is 1. The van der Waals surface area contributed by atoms with Gasteiger partial charge in [-0.2, -0.15) is 0 Å². The van der Waals surface area contributed by atoms with Crippen molar-refractivity contribution in [1.29, 1.82) is 0 Å². The molecule has 0 aliphatic rings. The SMILES string of the molecule is COc1ccc(C(=O)CCc2cc(C)ccc2C)cc1. The summed E-state index contributed by atoms with van der Waals surface area (Å²) in [6, 6.07) is 13.7. The van der Waals surface area contributed by atoms with Gasteiger partial charge in [0.1, 0.15) is 5.75 Å². The van der Waals surface area contributed by atoms with Gasteiger partial charge in [0.15, 0.2) is 5.78 Å². The highest BCUT2D eigenvalue weighted by atomic mass is 16.5. The number of carbonyl (C=O) groups is 1. The Balaban J connectivity index is 2.02. The number of carbonyl (C=O) groups excluding carboxylic acids is 1. The standard InChI is InChI=1S/C18H20O2/c1-13-4-5-14(2)16(12-13)8-11-18(19)15-6-9-17(20-3)10-7-15/h4-7,9-10,12H,8,11H2,1-3H3. The van der Waals surface area contributed by atoms with Crippen molar-refractivity contribution in [2.24, 2.45) is 0 Å². The molecule has 0 bridgehead atoms. The van der Waals surface area contributed by atoms with Crippen LogP contribution in [-0.4, -0.2) is 12.9 Å². The molecule has 20 heavy (non-hydrogen) atoms. The van der Waals surface area contributed by atoms with E-state index in [0.717, 1.165) is 17.7 Å². The van der Waals surface area contributed by atoms with Crippen molar-refractivity contribution in [2.45, 2.75) is 26.7 Å². The van der Waals surface area contributed by atoms with E-state index in [4.69, 9.17) is 4.74 Å². The lowest BCUT2D eigenvalue weighted by atomic mass is 9.98. The van der Waals surface area contributed by atoms with Crippen LogP contribution in [0.15, 0.2) is 42.5 Å². The molecule has 0 N–H and O–H groups in total. The summed E-state index contributed by atoms with van der Waals surface area (Å²) < 4.78 is 5.10. The third-order valence-corrected chi connectivity index (χ3v) is 3.54. The Morgan fingerprint density at radius 2 is 1.75 bits per heavy atom. The summed E-state index contributed by atoms with van der Waals surface area (Å²) in [6.45, 7) is 4.17. The van der Waals surface area contributed by atoms with Gasteiger partial charge in [0, 0.05) is 12.0 Å². The van der Waals surface area contributed by atoms with Gasteiger partial charge in [0.2, 0.25) is 0 Å². The molecule has 0 spiro atoms. The maximum absolute atomic E-state index is 12.2.